The zero-order chi connectivity index (χ0) is 11.8. The van der Waals surface area contributed by atoms with Crippen molar-refractivity contribution in [3.05, 3.63) is 11.9 Å². The molecule has 1 aromatic heterocycles. The summed E-state index contributed by atoms with van der Waals surface area (Å²) in [6.07, 6.45) is 3.35. The number of nitrogens with two attached hydrogens (primary N) is 1. The molecule has 1 fully saturated rings. The van der Waals surface area contributed by atoms with Crippen LogP contribution in [0.2, 0.25) is 0 Å². The van der Waals surface area contributed by atoms with Crippen LogP contribution in [0.1, 0.15) is 25.5 Å². The Morgan fingerprint density at radius 2 is 2.38 bits per heavy atom. The second-order valence-corrected chi connectivity index (χ2v) is 4.22. The number of halogens is 1. The molecule has 0 amide bonds. The number of nitrogens with zero attached hydrogens (tertiary/aromatic N) is 2. The summed E-state index contributed by atoms with van der Waals surface area (Å²) in [5.74, 6) is 0.523. The van der Waals surface area contributed by atoms with Gasteiger partial charge in [0.2, 0.25) is 0 Å². The van der Waals surface area contributed by atoms with Gasteiger partial charge in [0.25, 0.3) is 0 Å². The van der Waals surface area contributed by atoms with Gasteiger partial charge in [0, 0.05) is 19.0 Å². The number of rotatable bonds is 5. The molecule has 5 heteroatoms. The number of aromatic nitrogens is 2. The van der Waals surface area contributed by atoms with Gasteiger partial charge < -0.3 is 10.5 Å². The van der Waals surface area contributed by atoms with E-state index < -0.39 is 5.67 Å². The largest absolute Gasteiger partial charge is 0.493 e. The minimum absolute atomic E-state index is 0.0142. The van der Waals surface area contributed by atoms with Crippen molar-refractivity contribution in [3.8, 4) is 5.75 Å². The molecule has 0 bridgehead atoms. The molecule has 90 valence electrons. The van der Waals surface area contributed by atoms with E-state index in [4.69, 9.17) is 10.5 Å². The quantitative estimate of drug-likeness (QED) is 0.828. The minimum atomic E-state index is -1.49. The SMILES string of the molecule is CCn1ncc(OC)c1C(F)(CN)C1CC1. The van der Waals surface area contributed by atoms with Gasteiger partial charge in [-0.05, 0) is 19.8 Å². The monoisotopic (exact) mass is 227 g/mol. The van der Waals surface area contributed by atoms with Crippen molar-refractivity contribution < 1.29 is 9.13 Å². The standard InChI is InChI=1S/C11H18FN3O/c1-3-15-10(9(16-2)6-14-15)11(12,7-13)8-4-5-8/h6,8H,3-5,7,13H2,1-2H3. The van der Waals surface area contributed by atoms with Gasteiger partial charge in [0.05, 0.1) is 13.3 Å². The summed E-state index contributed by atoms with van der Waals surface area (Å²) in [6.45, 7) is 2.54. The van der Waals surface area contributed by atoms with Crippen LogP contribution in [-0.2, 0) is 12.2 Å². The van der Waals surface area contributed by atoms with Crippen LogP contribution >= 0.6 is 0 Å². The molecule has 1 aromatic rings. The molecular formula is C11H18FN3O. The first-order valence-electron chi connectivity index (χ1n) is 5.66. The summed E-state index contributed by atoms with van der Waals surface area (Å²) >= 11 is 0. The maximum absolute atomic E-state index is 14.9. The second-order valence-electron chi connectivity index (χ2n) is 4.22. The minimum Gasteiger partial charge on any atom is -0.493 e. The molecule has 1 saturated carbocycles. The van der Waals surface area contributed by atoms with E-state index in [1.165, 1.54) is 7.11 Å². The number of alkyl halides is 1. The van der Waals surface area contributed by atoms with Gasteiger partial charge in [-0.2, -0.15) is 5.10 Å². The second kappa shape index (κ2) is 4.05. The molecular weight excluding hydrogens is 209 g/mol. The van der Waals surface area contributed by atoms with E-state index in [-0.39, 0.29) is 12.5 Å². The van der Waals surface area contributed by atoms with Gasteiger partial charge in [-0.3, -0.25) is 4.68 Å². The van der Waals surface area contributed by atoms with Crippen LogP contribution in [0.5, 0.6) is 5.75 Å². The molecule has 1 atom stereocenters. The van der Waals surface area contributed by atoms with Crippen LogP contribution in [0, 0.1) is 5.92 Å². The molecule has 1 aliphatic rings. The molecule has 1 unspecified atom stereocenters. The first-order valence-corrected chi connectivity index (χ1v) is 5.66. The average molecular weight is 227 g/mol. The lowest BCUT2D eigenvalue weighted by Gasteiger charge is -2.25. The molecule has 16 heavy (non-hydrogen) atoms. The molecule has 0 aromatic carbocycles. The highest BCUT2D eigenvalue weighted by Crippen LogP contribution is 2.50. The summed E-state index contributed by atoms with van der Waals surface area (Å²) in [5.41, 5.74) is 4.63. The number of hydrogen-bond acceptors (Lipinski definition) is 3. The van der Waals surface area contributed by atoms with Crippen molar-refractivity contribution in [1.29, 1.82) is 0 Å². The zero-order valence-corrected chi connectivity index (χ0v) is 9.74. The number of ether oxygens (including phenoxy) is 1. The Labute approximate surface area is 94.6 Å². The molecule has 0 aliphatic heterocycles. The van der Waals surface area contributed by atoms with Crippen molar-refractivity contribution in [2.75, 3.05) is 13.7 Å². The summed E-state index contributed by atoms with van der Waals surface area (Å²) in [7, 11) is 1.53. The highest BCUT2D eigenvalue weighted by molar-refractivity contribution is 5.33. The fourth-order valence-corrected chi connectivity index (χ4v) is 2.17. The molecule has 2 rings (SSSR count). The number of methoxy groups -OCH3 is 1. The van der Waals surface area contributed by atoms with Crippen LogP contribution in [0.3, 0.4) is 0 Å². The van der Waals surface area contributed by atoms with E-state index in [1.807, 2.05) is 6.92 Å². The van der Waals surface area contributed by atoms with E-state index in [9.17, 15) is 4.39 Å². The Balaban J connectivity index is 2.46. The van der Waals surface area contributed by atoms with Crippen LogP contribution in [-0.4, -0.2) is 23.4 Å². The molecule has 0 spiro atoms. The normalized spacial score (nSPS) is 19.5. The van der Waals surface area contributed by atoms with Crippen LogP contribution in [0.15, 0.2) is 6.20 Å². The van der Waals surface area contributed by atoms with E-state index in [1.54, 1.807) is 10.9 Å². The molecule has 1 heterocycles. The van der Waals surface area contributed by atoms with Crippen LogP contribution in [0.25, 0.3) is 0 Å². The topological polar surface area (TPSA) is 53.1 Å². The fraction of sp³-hybridized carbons (Fsp3) is 0.727. The smallest absolute Gasteiger partial charge is 0.170 e. The molecule has 1 aliphatic carbocycles. The lowest BCUT2D eigenvalue weighted by atomic mass is 9.95. The van der Waals surface area contributed by atoms with E-state index in [0.29, 0.717) is 18.0 Å². The van der Waals surface area contributed by atoms with Gasteiger partial charge in [-0.1, -0.05) is 0 Å². The third-order valence-corrected chi connectivity index (χ3v) is 3.24. The van der Waals surface area contributed by atoms with E-state index in [0.717, 1.165) is 12.8 Å². The molecule has 0 saturated heterocycles. The summed E-state index contributed by atoms with van der Waals surface area (Å²) < 4.78 is 21.7. The first kappa shape index (κ1) is 11.4. The highest BCUT2D eigenvalue weighted by atomic mass is 19.1. The maximum atomic E-state index is 14.9. The van der Waals surface area contributed by atoms with Crippen molar-refractivity contribution in [2.45, 2.75) is 32.0 Å². The van der Waals surface area contributed by atoms with Crippen molar-refractivity contribution in [3.63, 3.8) is 0 Å². The van der Waals surface area contributed by atoms with Crippen molar-refractivity contribution in [2.24, 2.45) is 11.7 Å². The van der Waals surface area contributed by atoms with Crippen molar-refractivity contribution >= 4 is 0 Å². The van der Waals surface area contributed by atoms with Gasteiger partial charge >= 0.3 is 0 Å². The highest BCUT2D eigenvalue weighted by Gasteiger charge is 2.50. The van der Waals surface area contributed by atoms with Crippen molar-refractivity contribution in [1.82, 2.24) is 9.78 Å². The summed E-state index contributed by atoms with van der Waals surface area (Å²) in [5, 5.41) is 4.13. The Bertz CT molecular complexity index is 354. The van der Waals surface area contributed by atoms with Gasteiger partial charge in [0.1, 0.15) is 5.69 Å². The van der Waals surface area contributed by atoms with Gasteiger partial charge in [-0.15, -0.1) is 0 Å². The predicted octanol–water partition coefficient (Wildman–Crippen LogP) is 1.45. The van der Waals surface area contributed by atoms with Gasteiger partial charge in [-0.25, -0.2) is 4.39 Å². The Morgan fingerprint density at radius 1 is 1.69 bits per heavy atom. The molecule has 4 nitrogen and oxygen atoms in total. The fourth-order valence-electron chi connectivity index (χ4n) is 2.17. The third kappa shape index (κ3) is 1.59. The summed E-state index contributed by atoms with van der Waals surface area (Å²) in [4.78, 5) is 0. The Hall–Kier alpha value is -1.10. The number of hydrogen-bond donors (Lipinski definition) is 1. The first-order chi connectivity index (χ1) is 7.67. The number of aryl methyl sites for hydroxylation is 1. The van der Waals surface area contributed by atoms with E-state index in [2.05, 4.69) is 5.10 Å². The van der Waals surface area contributed by atoms with Gasteiger partial charge in [0.15, 0.2) is 11.4 Å². The third-order valence-electron chi connectivity index (χ3n) is 3.24. The molecule has 0 radical (unpaired) electrons. The molecule has 2 N–H and O–H groups in total. The average Bonchev–Trinajstić information content (AvgIpc) is 3.08. The van der Waals surface area contributed by atoms with Crippen LogP contribution < -0.4 is 10.5 Å². The zero-order valence-electron chi connectivity index (χ0n) is 9.74. The van der Waals surface area contributed by atoms with Crippen LogP contribution in [0.4, 0.5) is 4.39 Å². The Morgan fingerprint density at radius 3 is 2.81 bits per heavy atom. The Kier molecular flexibility index (Phi) is 2.88. The maximum Gasteiger partial charge on any atom is 0.170 e. The van der Waals surface area contributed by atoms with E-state index >= 15 is 0 Å². The lowest BCUT2D eigenvalue weighted by molar-refractivity contribution is 0.125. The lowest BCUT2D eigenvalue weighted by Crippen LogP contribution is -2.35. The predicted molar refractivity (Wildman–Crippen MR) is 59.0 cm³/mol. The summed E-state index contributed by atoms with van der Waals surface area (Å²) in [6, 6.07) is 0.